The monoisotopic (exact) mass is 385 g/mol. The molecule has 0 saturated carbocycles. The molecule has 1 aromatic carbocycles. The number of hydrogen-bond acceptors (Lipinski definition) is 7. The summed E-state index contributed by atoms with van der Waals surface area (Å²) in [6.07, 6.45) is 1.68. The molecule has 0 bridgehead atoms. The molecule has 2 aromatic rings. The number of methoxy groups -OCH3 is 1. The van der Waals surface area contributed by atoms with E-state index in [0.29, 0.717) is 25.5 Å². The standard InChI is InChI=1S/C20H27N5O3/c1-28-9-7-21-19-10-18(23-14-24-19)20(27)22-11-17(26)13-25-8-6-15-4-2-3-5-16(15)12-25/h2-5,10,14,17,26H,6-9,11-13H2,1H3,(H,22,27)(H,21,23,24)/t17-/m0/s1. The van der Waals surface area contributed by atoms with E-state index in [1.807, 2.05) is 6.07 Å². The van der Waals surface area contributed by atoms with Crippen LogP contribution >= 0.6 is 0 Å². The first kappa shape index (κ1) is 20.2. The fourth-order valence-corrected chi connectivity index (χ4v) is 3.23. The minimum absolute atomic E-state index is 0.174. The lowest BCUT2D eigenvalue weighted by Gasteiger charge is -2.30. The smallest absolute Gasteiger partial charge is 0.270 e. The van der Waals surface area contributed by atoms with Gasteiger partial charge in [-0.1, -0.05) is 24.3 Å². The van der Waals surface area contributed by atoms with E-state index in [0.717, 1.165) is 19.5 Å². The van der Waals surface area contributed by atoms with Gasteiger partial charge in [0.1, 0.15) is 17.8 Å². The van der Waals surface area contributed by atoms with Gasteiger partial charge in [-0.3, -0.25) is 9.69 Å². The van der Waals surface area contributed by atoms with Gasteiger partial charge in [0.25, 0.3) is 5.91 Å². The van der Waals surface area contributed by atoms with E-state index in [-0.39, 0.29) is 18.1 Å². The molecule has 0 aliphatic carbocycles. The van der Waals surface area contributed by atoms with E-state index in [1.165, 1.54) is 17.5 Å². The average Bonchev–Trinajstić information content (AvgIpc) is 2.72. The van der Waals surface area contributed by atoms with Gasteiger partial charge in [-0.05, 0) is 17.5 Å². The molecule has 3 N–H and O–H groups in total. The van der Waals surface area contributed by atoms with Crippen molar-refractivity contribution >= 4 is 11.7 Å². The van der Waals surface area contributed by atoms with Crippen LogP contribution in [-0.2, 0) is 17.7 Å². The lowest BCUT2D eigenvalue weighted by Crippen LogP contribution is -2.42. The predicted molar refractivity (Wildman–Crippen MR) is 106 cm³/mol. The molecule has 1 atom stereocenters. The highest BCUT2D eigenvalue weighted by Crippen LogP contribution is 2.18. The Labute approximate surface area is 165 Å². The van der Waals surface area contributed by atoms with Crippen molar-refractivity contribution in [3.8, 4) is 0 Å². The number of fused-ring (bicyclic) bond motifs is 1. The lowest BCUT2D eigenvalue weighted by molar-refractivity contribution is 0.0838. The maximum atomic E-state index is 12.3. The number of β-amino-alcohol motifs (C(OH)–C–C–N with tert-alkyl or cyclic N) is 1. The Morgan fingerprint density at radius 2 is 2.14 bits per heavy atom. The summed E-state index contributed by atoms with van der Waals surface area (Å²) in [6.45, 7) is 3.55. The van der Waals surface area contributed by atoms with Crippen LogP contribution in [0.25, 0.3) is 0 Å². The Balaban J connectivity index is 1.45. The highest BCUT2D eigenvalue weighted by atomic mass is 16.5. The number of carbonyl (C=O) groups is 1. The van der Waals surface area contributed by atoms with Crippen molar-refractivity contribution in [1.29, 1.82) is 0 Å². The number of rotatable bonds is 9. The second kappa shape index (κ2) is 10.1. The van der Waals surface area contributed by atoms with Gasteiger partial charge in [-0.2, -0.15) is 0 Å². The molecule has 28 heavy (non-hydrogen) atoms. The lowest BCUT2D eigenvalue weighted by atomic mass is 10.00. The molecule has 1 aliphatic heterocycles. The Hall–Kier alpha value is -2.55. The summed E-state index contributed by atoms with van der Waals surface area (Å²) in [6, 6.07) is 9.97. The Morgan fingerprint density at radius 1 is 1.32 bits per heavy atom. The first-order valence-electron chi connectivity index (χ1n) is 9.46. The number of carbonyl (C=O) groups excluding carboxylic acids is 1. The average molecular weight is 385 g/mol. The molecule has 0 radical (unpaired) electrons. The Morgan fingerprint density at radius 3 is 2.96 bits per heavy atom. The number of amides is 1. The Kier molecular flexibility index (Phi) is 7.30. The molecule has 1 aliphatic rings. The number of aliphatic hydroxyl groups excluding tert-OH is 1. The van der Waals surface area contributed by atoms with Gasteiger partial charge in [0.05, 0.1) is 12.7 Å². The van der Waals surface area contributed by atoms with Gasteiger partial charge in [0.2, 0.25) is 0 Å². The predicted octanol–water partition coefficient (Wildman–Crippen LogP) is 0.684. The summed E-state index contributed by atoms with van der Waals surface area (Å²) in [5.41, 5.74) is 2.94. The van der Waals surface area contributed by atoms with Crippen LogP contribution in [0.4, 0.5) is 5.82 Å². The molecular weight excluding hydrogens is 358 g/mol. The second-order valence-electron chi connectivity index (χ2n) is 6.83. The first-order valence-corrected chi connectivity index (χ1v) is 9.46. The molecule has 8 nitrogen and oxygen atoms in total. The summed E-state index contributed by atoms with van der Waals surface area (Å²) < 4.78 is 4.97. The van der Waals surface area contributed by atoms with Gasteiger partial charge in [-0.15, -0.1) is 0 Å². The minimum atomic E-state index is -0.643. The number of nitrogens with one attached hydrogen (secondary N) is 2. The maximum absolute atomic E-state index is 12.3. The van der Waals surface area contributed by atoms with Gasteiger partial charge < -0.3 is 20.5 Å². The Bertz CT molecular complexity index is 786. The molecule has 0 spiro atoms. The summed E-state index contributed by atoms with van der Waals surface area (Å²) in [5, 5.41) is 16.1. The molecular formula is C20H27N5O3. The second-order valence-corrected chi connectivity index (χ2v) is 6.83. The summed E-state index contributed by atoms with van der Waals surface area (Å²) in [7, 11) is 1.62. The van der Waals surface area contributed by atoms with Crippen molar-refractivity contribution < 1.29 is 14.6 Å². The third-order valence-corrected chi connectivity index (χ3v) is 4.69. The van der Waals surface area contributed by atoms with Crippen molar-refractivity contribution in [1.82, 2.24) is 20.2 Å². The van der Waals surface area contributed by atoms with E-state index < -0.39 is 6.10 Å². The van der Waals surface area contributed by atoms with E-state index >= 15 is 0 Å². The molecule has 8 heteroatoms. The molecule has 0 saturated heterocycles. The van der Waals surface area contributed by atoms with Gasteiger partial charge in [0, 0.05) is 45.9 Å². The highest BCUT2D eigenvalue weighted by Gasteiger charge is 2.19. The van der Waals surface area contributed by atoms with Gasteiger partial charge in [-0.25, -0.2) is 9.97 Å². The number of hydrogen-bond donors (Lipinski definition) is 3. The van der Waals surface area contributed by atoms with Crippen LogP contribution in [0.1, 0.15) is 21.6 Å². The maximum Gasteiger partial charge on any atom is 0.270 e. The largest absolute Gasteiger partial charge is 0.390 e. The van der Waals surface area contributed by atoms with Crippen LogP contribution in [0.5, 0.6) is 0 Å². The zero-order valence-corrected chi connectivity index (χ0v) is 16.1. The van der Waals surface area contributed by atoms with Crippen LogP contribution in [0, 0.1) is 0 Å². The van der Waals surface area contributed by atoms with E-state index in [4.69, 9.17) is 4.74 Å². The number of aromatic nitrogens is 2. The van der Waals surface area contributed by atoms with Crippen LogP contribution in [0.15, 0.2) is 36.7 Å². The molecule has 2 heterocycles. The third-order valence-electron chi connectivity index (χ3n) is 4.69. The molecule has 150 valence electrons. The van der Waals surface area contributed by atoms with E-state index in [9.17, 15) is 9.90 Å². The summed E-state index contributed by atoms with van der Waals surface area (Å²) in [5.74, 6) is 0.227. The zero-order valence-electron chi connectivity index (χ0n) is 16.1. The number of anilines is 1. The van der Waals surface area contributed by atoms with Crippen molar-refractivity contribution in [2.75, 3.05) is 45.2 Å². The van der Waals surface area contributed by atoms with Crippen molar-refractivity contribution in [3.05, 3.63) is 53.5 Å². The minimum Gasteiger partial charge on any atom is -0.390 e. The van der Waals surface area contributed by atoms with Crippen LogP contribution < -0.4 is 10.6 Å². The van der Waals surface area contributed by atoms with Crippen LogP contribution in [0.3, 0.4) is 0 Å². The molecule has 1 amide bonds. The molecule has 1 aromatic heterocycles. The van der Waals surface area contributed by atoms with Gasteiger partial charge >= 0.3 is 0 Å². The number of ether oxygens (including phenoxy) is 1. The zero-order chi connectivity index (χ0) is 19.8. The van der Waals surface area contributed by atoms with E-state index in [1.54, 1.807) is 13.2 Å². The quantitative estimate of drug-likeness (QED) is 0.546. The first-order chi connectivity index (χ1) is 13.7. The number of nitrogens with zero attached hydrogens (tertiary/aromatic N) is 3. The van der Waals surface area contributed by atoms with Crippen molar-refractivity contribution in [3.63, 3.8) is 0 Å². The van der Waals surface area contributed by atoms with E-state index in [2.05, 4.69) is 43.7 Å². The molecule has 0 fully saturated rings. The summed E-state index contributed by atoms with van der Waals surface area (Å²) >= 11 is 0. The molecule has 0 unspecified atom stereocenters. The summed E-state index contributed by atoms with van der Waals surface area (Å²) in [4.78, 5) is 22.6. The number of aliphatic hydroxyl groups is 1. The fraction of sp³-hybridized carbons (Fsp3) is 0.450. The van der Waals surface area contributed by atoms with Crippen LogP contribution in [0.2, 0.25) is 0 Å². The fourth-order valence-electron chi connectivity index (χ4n) is 3.23. The number of benzene rings is 1. The topological polar surface area (TPSA) is 99.6 Å². The molecule has 3 rings (SSSR count). The van der Waals surface area contributed by atoms with Crippen molar-refractivity contribution in [2.24, 2.45) is 0 Å². The van der Waals surface area contributed by atoms with Crippen LogP contribution in [-0.4, -0.2) is 71.9 Å². The third kappa shape index (κ3) is 5.72. The van der Waals surface area contributed by atoms with Gasteiger partial charge in [0.15, 0.2) is 0 Å². The highest BCUT2D eigenvalue weighted by molar-refractivity contribution is 5.92. The SMILES string of the molecule is COCCNc1cc(C(=O)NC[C@H](O)CN2CCc3ccccc3C2)ncn1. The van der Waals surface area contributed by atoms with Crippen molar-refractivity contribution in [2.45, 2.75) is 19.1 Å². The normalized spacial score (nSPS) is 14.9.